The molecule has 0 aliphatic carbocycles. The van der Waals surface area contributed by atoms with Gasteiger partial charge in [-0.2, -0.15) is 0 Å². The fourth-order valence-corrected chi connectivity index (χ4v) is 1.70. The lowest BCUT2D eigenvalue weighted by Gasteiger charge is -2.03. The summed E-state index contributed by atoms with van der Waals surface area (Å²) in [6.45, 7) is 0.900. The van der Waals surface area contributed by atoms with Gasteiger partial charge in [0, 0.05) is 16.6 Å². The first-order valence-electron chi connectivity index (χ1n) is 4.92. The Morgan fingerprint density at radius 1 is 1.31 bits per heavy atom. The van der Waals surface area contributed by atoms with E-state index < -0.39 is 0 Å². The van der Waals surface area contributed by atoms with E-state index in [1.54, 1.807) is 6.26 Å². The first-order valence-corrected chi connectivity index (χ1v) is 5.72. The predicted octanol–water partition coefficient (Wildman–Crippen LogP) is 3.08. The minimum atomic E-state index is 0.413. The van der Waals surface area contributed by atoms with Gasteiger partial charge in [-0.1, -0.05) is 22.0 Å². The van der Waals surface area contributed by atoms with Crippen LogP contribution in [0.1, 0.15) is 11.3 Å². The third kappa shape index (κ3) is 2.87. The van der Waals surface area contributed by atoms with Crippen LogP contribution in [0.3, 0.4) is 0 Å². The number of halogens is 1. The van der Waals surface area contributed by atoms with Gasteiger partial charge in [-0.3, -0.25) is 0 Å². The fourth-order valence-electron chi connectivity index (χ4n) is 1.32. The Bertz CT molecular complexity index is 468. The molecule has 2 N–H and O–H groups in total. The summed E-state index contributed by atoms with van der Waals surface area (Å²) < 4.78 is 11.8. The zero-order chi connectivity index (χ0) is 11.4. The van der Waals surface area contributed by atoms with Crippen molar-refractivity contribution in [2.24, 2.45) is 5.73 Å². The molecule has 2 aromatic rings. The summed E-state index contributed by atoms with van der Waals surface area (Å²) in [7, 11) is 0. The molecule has 0 radical (unpaired) electrons. The van der Waals surface area contributed by atoms with Crippen molar-refractivity contribution in [2.45, 2.75) is 13.2 Å². The molecule has 0 aliphatic rings. The van der Waals surface area contributed by atoms with E-state index in [9.17, 15) is 0 Å². The lowest BCUT2D eigenvalue weighted by Crippen LogP contribution is -1.95. The molecular formula is C12H12BrNO2. The second-order valence-corrected chi connectivity index (χ2v) is 4.29. The molecule has 1 aromatic carbocycles. The van der Waals surface area contributed by atoms with Crippen LogP contribution in [0.2, 0.25) is 0 Å². The summed E-state index contributed by atoms with van der Waals surface area (Å²) in [5.74, 6) is 1.58. The summed E-state index contributed by atoms with van der Waals surface area (Å²) >= 11 is 3.38. The van der Waals surface area contributed by atoms with Crippen molar-refractivity contribution in [1.82, 2.24) is 0 Å². The average Bonchev–Trinajstić information content (AvgIpc) is 2.74. The van der Waals surface area contributed by atoms with Gasteiger partial charge in [0.25, 0.3) is 0 Å². The van der Waals surface area contributed by atoms with Gasteiger partial charge in [-0.25, -0.2) is 0 Å². The van der Waals surface area contributed by atoms with E-state index in [0.29, 0.717) is 13.2 Å². The zero-order valence-corrected chi connectivity index (χ0v) is 10.2. The number of hydrogen-bond acceptors (Lipinski definition) is 3. The van der Waals surface area contributed by atoms with Gasteiger partial charge in [-0.15, -0.1) is 0 Å². The van der Waals surface area contributed by atoms with Gasteiger partial charge in [0.1, 0.15) is 18.1 Å². The normalized spacial score (nSPS) is 10.4. The zero-order valence-electron chi connectivity index (χ0n) is 8.65. The molecule has 0 amide bonds. The van der Waals surface area contributed by atoms with Gasteiger partial charge in [0.15, 0.2) is 0 Å². The van der Waals surface area contributed by atoms with E-state index in [-0.39, 0.29) is 0 Å². The largest absolute Gasteiger partial charge is 0.486 e. The highest BCUT2D eigenvalue weighted by atomic mass is 79.9. The molecule has 0 bridgehead atoms. The topological polar surface area (TPSA) is 48.4 Å². The standard InChI is InChI=1S/C12H12BrNO2/c13-10-2-1-3-11(5-10)16-8-12-4-9(6-14)7-15-12/h1-5,7H,6,8,14H2. The molecule has 1 aromatic heterocycles. The van der Waals surface area contributed by atoms with Gasteiger partial charge in [-0.05, 0) is 24.3 Å². The second-order valence-electron chi connectivity index (χ2n) is 3.37. The minimum absolute atomic E-state index is 0.413. The van der Waals surface area contributed by atoms with Crippen molar-refractivity contribution in [3.05, 3.63) is 52.4 Å². The van der Waals surface area contributed by atoms with Crippen molar-refractivity contribution < 1.29 is 9.15 Å². The maximum Gasteiger partial charge on any atom is 0.146 e. The molecule has 0 unspecified atom stereocenters. The monoisotopic (exact) mass is 281 g/mol. The molecule has 2 rings (SSSR count). The highest BCUT2D eigenvalue weighted by Crippen LogP contribution is 2.19. The summed E-state index contributed by atoms with van der Waals surface area (Å²) in [6.07, 6.45) is 1.65. The molecule has 16 heavy (non-hydrogen) atoms. The number of nitrogens with two attached hydrogens (primary N) is 1. The van der Waals surface area contributed by atoms with Gasteiger partial charge < -0.3 is 14.9 Å². The SMILES string of the molecule is NCc1coc(COc2cccc(Br)c2)c1. The van der Waals surface area contributed by atoms with Crippen LogP contribution in [0.15, 0.2) is 45.5 Å². The number of ether oxygens (including phenoxy) is 1. The van der Waals surface area contributed by atoms with Crippen molar-refractivity contribution in [1.29, 1.82) is 0 Å². The van der Waals surface area contributed by atoms with E-state index in [4.69, 9.17) is 14.9 Å². The minimum Gasteiger partial charge on any atom is -0.486 e. The van der Waals surface area contributed by atoms with Crippen LogP contribution in [0.5, 0.6) is 5.75 Å². The number of hydrogen-bond donors (Lipinski definition) is 1. The molecule has 4 heteroatoms. The van der Waals surface area contributed by atoms with E-state index in [1.165, 1.54) is 0 Å². The number of benzene rings is 1. The van der Waals surface area contributed by atoms with E-state index in [1.807, 2.05) is 30.3 Å². The lowest BCUT2D eigenvalue weighted by atomic mass is 10.3. The first kappa shape index (κ1) is 11.2. The summed E-state index contributed by atoms with van der Waals surface area (Å²) in [5, 5.41) is 0. The summed E-state index contributed by atoms with van der Waals surface area (Å²) in [4.78, 5) is 0. The number of furan rings is 1. The molecule has 0 fully saturated rings. The highest BCUT2D eigenvalue weighted by Gasteiger charge is 2.01. The molecule has 1 heterocycles. The van der Waals surface area contributed by atoms with E-state index in [0.717, 1.165) is 21.5 Å². The molecule has 0 spiro atoms. The summed E-state index contributed by atoms with van der Waals surface area (Å²) in [6, 6.07) is 9.58. The fraction of sp³-hybridized carbons (Fsp3) is 0.167. The molecule has 3 nitrogen and oxygen atoms in total. The third-order valence-corrected chi connectivity index (χ3v) is 2.61. The van der Waals surface area contributed by atoms with Crippen LogP contribution in [0, 0.1) is 0 Å². The van der Waals surface area contributed by atoms with Crippen LogP contribution < -0.4 is 10.5 Å². The van der Waals surface area contributed by atoms with Gasteiger partial charge in [0.05, 0.1) is 6.26 Å². The Morgan fingerprint density at radius 2 is 2.19 bits per heavy atom. The average molecular weight is 282 g/mol. The van der Waals surface area contributed by atoms with Crippen LogP contribution in [-0.4, -0.2) is 0 Å². The van der Waals surface area contributed by atoms with E-state index >= 15 is 0 Å². The van der Waals surface area contributed by atoms with Crippen LogP contribution in [-0.2, 0) is 13.2 Å². The number of rotatable bonds is 4. The Labute approximate surface area is 102 Å². The Hall–Kier alpha value is -1.26. The molecule has 84 valence electrons. The molecule has 0 atom stereocenters. The van der Waals surface area contributed by atoms with Crippen molar-refractivity contribution in [2.75, 3.05) is 0 Å². The molecular weight excluding hydrogens is 270 g/mol. The Morgan fingerprint density at radius 3 is 2.88 bits per heavy atom. The van der Waals surface area contributed by atoms with E-state index in [2.05, 4.69) is 15.9 Å². The molecule has 0 saturated heterocycles. The van der Waals surface area contributed by atoms with Crippen LogP contribution >= 0.6 is 15.9 Å². The van der Waals surface area contributed by atoms with Gasteiger partial charge >= 0.3 is 0 Å². The maximum atomic E-state index is 5.57. The van der Waals surface area contributed by atoms with Crippen molar-refractivity contribution in [3.63, 3.8) is 0 Å². The van der Waals surface area contributed by atoms with Gasteiger partial charge in [0.2, 0.25) is 0 Å². The highest BCUT2D eigenvalue weighted by molar-refractivity contribution is 9.10. The Balaban J connectivity index is 1.96. The summed E-state index contributed by atoms with van der Waals surface area (Å²) in [5.41, 5.74) is 6.46. The first-order chi connectivity index (χ1) is 7.78. The second kappa shape index (κ2) is 5.18. The third-order valence-electron chi connectivity index (χ3n) is 2.12. The lowest BCUT2D eigenvalue weighted by molar-refractivity contribution is 0.270. The van der Waals surface area contributed by atoms with Crippen molar-refractivity contribution >= 4 is 15.9 Å². The molecule has 0 aliphatic heterocycles. The Kier molecular flexibility index (Phi) is 3.64. The van der Waals surface area contributed by atoms with Crippen LogP contribution in [0.25, 0.3) is 0 Å². The van der Waals surface area contributed by atoms with Crippen LogP contribution in [0.4, 0.5) is 0 Å². The molecule has 0 saturated carbocycles. The smallest absolute Gasteiger partial charge is 0.146 e. The predicted molar refractivity (Wildman–Crippen MR) is 65.1 cm³/mol. The van der Waals surface area contributed by atoms with Crippen molar-refractivity contribution in [3.8, 4) is 5.75 Å². The maximum absolute atomic E-state index is 5.57. The quantitative estimate of drug-likeness (QED) is 0.937.